The molecule has 0 radical (unpaired) electrons. The third kappa shape index (κ3) is 2.80. The number of rotatable bonds is 5. The number of hydrogen-bond donors (Lipinski definition) is 2. The van der Waals surface area contributed by atoms with E-state index in [1.807, 2.05) is 13.8 Å². The summed E-state index contributed by atoms with van der Waals surface area (Å²) in [6.45, 7) is 5.97. The molecule has 2 atom stereocenters. The Bertz CT molecular complexity index is 608. The fourth-order valence-electron chi connectivity index (χ4n) is 2.02. The molecule has 2 unspecified atom stereocenters. The Labute approximate surface area is 117 Å². The number of amides is 1. The zero-order chi connectivity index (χ0) is 14.7. The molecule has 2 aromatic rings. The summed E-state index contributed by atoms with van der Waals surface area (Å²) in [5.41, 5.74) is 1.61. The summed E-state index contributed by atoms with van der Waals surface area (Å²) >= 11 is 0. The first-order valence-corrected chi connectivity index (χ1v) is 6.80. The zero-order valence-electron chi connectivity index (χ0n) is 12.0. The molecule has 0 saturated carbocycles. The number of aromatic nitrogens is 3. The predicted octanol–water partition coefficient (Wildman–Crippen LogP) is 1.17. The van der Waals surface area contributed by atoms with E-state index in [1.165, 1.54) is 0 Å². The van der Waals surface area contributed by atoms with Crippen LogP contribution in [0.1, 0.15) is 36.3 Å². The Balaban J connectivity index is 2.14. The molecular formula is C14H20N4O2. The van der Waals surface area contributed by atoms with Gasteiger partial charge >= 0.3 is 0 Å². The van der Waals surface area contributed by atoms with Gasteiger partial charge in [-0.25, -0.2) is 9.50 Å². The molecule has 0 aliphatic heterocycles. The van der Waals surface area contributed by atoms with Gasteiger partial charge in [0.1, 0.15) is 5.56 Å². The third-order valence-corrected chi connectivity index (χ3v) is 3.57. The maximum absolute atomic E-state index is 12.2. The Hall–Kier alpha value is -1.95. The summed E-state index contributed by atoms with van der Waals surface area (Å²) in [5, 5.41) is 16.9. The lowest BCUT2D eigenvalue weighted by atomic mass is 10.0. The van der Waals surface area contributed by atoms with Gasteiger partial charge in [0.05, 0.1) is 11.8 Å². The number of carbonyl (C=O) groups excluding carboxylic acids is 1. The lowest BCUT2D eigenvalue weighted by Crippen LogP contribution is -2.35. The third-order valence-electron chi connectivity index (χ3n) is 3.57. The van der Waals surface area contributed by atoms with Gasteiger partial charge < -0.3 is 10.4 Å². The smallest absolute Gasteiger partial charge is 0.257 e. The summed E-state index contributed by atoms with van der Waals surface area (Å²) in [6, 6.07) is 1.76. The largest absolute Gasteiger partial charge is 0.391 e. The van der Waals surface area contributed by atoms with Crippen molar-refractivity contribution in [3.05, 3.63) is 29.7 Å². The number of aliphatic hydroxyl groups excluding tert-OH is 1. The van der Waals surface area contributed by atoms with E-state index in [0.29, 0.717) is 16.9 Å². The molecule has 0 aliphatic rings. The molecule has 0 aromatic carbocycles. The molecule has 0 fully saturated rings. The number of fused-ring (bicyclic) bond motifs is 1. The van der Waals surface area contributed by atoms with Gasteiger partial charge in [0.25, 0.3) is 5.91 Å². The number of nitrogens with zero attached hydrogens (tertiary/aromatic N) is 3. The Kier molecular flexibility index (Phi) is 4.34. The first-order valence-electron chi connectivity index (χ1n) is 6.80. The van der Waals surface area contributed by atoms with Crippen LogP contribution in [0, 0.1) is 12.8 Å². The second-order valence-corrected chi connectivity index (χ2v) is 5.01. The van der Waals surface area contributed by atoms with Gasteiger partial charge in [-0.2, -0.15) is 5.10 Å². The molecule has 108 valence electrons. The van der Waals surface area contributed by atoms with Crippen LogP contribution in [0.3, 0.4) is 0 Å². The van der Waals surface area contributed by atoms with Crippen LogP contribution in [0.15, 0.2) is 18.5 Å². The Morgan fingerprint density at radius 2 is 2.30 bits per heavy atom. The molecule has 2 rings (SSSR count). The van der Waals surface area contributed by atoms with Crippen LogP contribution in [0.2, 0.25) is 0 Å². The maximum atomic E-state index is 12.2. The molecule has 6 nitrogen and oxygen atoms in total. The van der Waals surface area contributed by atoms with Crippen LogP contribution in [-0.4, -0.2) is 38.3 Å². The van der Waals surface area contributed by atoms with E-state index in [0.717, 1.165) is 6.42 Å². The first kappa shape index (κ1) is 14.5. The van der Waals surface area contributed by atoms with E-state index in [-0.39, 0.29) is 18.4 Å². The van der Waals surface area contributed by atoms with Crippen LogP contribution < -0.4 is 5.32 Å². The highest BCUT2D eigenvalue weighted by molar-refractivity contribution is 6.00. The number of aliphatic hydroxyl groups is 1. The fraction of sp³-hybridized carbons (Fsp3) is 0.500. The fourth-order valence-corrected chi connectivity index (χ4v) is 2.02. The quantitative estimate of drug-likeness (QED) is 0.859. The minimum Gasteiger partial charge on any atom is -0.391 e. The van der Waals surface area contributed by atoms with Crippen LogP contribution in [0.25, 0.3) is 5.65 Å². The number of carbonyl (C=O) groups is 1. The van der Waals surface area contributed by atoms with E-state index in [1.54, 1.807) is 29.9 Å². The molecule has 2 aromatic heterocycles. The molecular weight excluding hydrogens is 256 g/mol. The maximum Gasteiger partial charge on any atom is 0.257 e. The summed E-state index contributed by atoms with van der Waals surface area (Å²) in [7, 11) is 0. The molecule has 6 heteroatoms. The van der Waals surface area contributed by atoms with Gasteiger partial charge in [-0.3, -0.25) is 4.79 Å². The molecule has 0 aliphatic carbocycles. The molecule has 20 heavy (non-hydrogen) atoms. The lowest BCUT2D eigenvalue weighted by molar-refractivity contribution is 0.0851. The van der Waals surface area contributed by atoms with E-state index >= 15 is 0 Å². The van der Waals surface area contributed by atoms with Crippen molar-refractivity contribution >= 4 is 11.6 Å². The van der Waals surface area contributed by atoms with Crippen molar-refractivity contribution in [2.75, 3.05) is 6.54 Å². The molecule has 0 saturated heterocycles. The van der Waals surface area contributed by atoms with Crippen molar-refractivity contribution < 1.29 is 9.90 Å². The second kappa shape index (κ2) is 6.00. The molecule has 0 spiro atoms. The van der Waals surface area contributed by atoms with Gasteiger partial charge in [0.15, 0.2) is 5.65 Å². The Morgan fingerprint density at radius 3 is 3.00 bits per heavy atom. The van der Waals surface area contributed by atoms with Crippen LogP contribution in [0.4, 0.5) is 0 Å². The highest BCUT2D eigenvalue weighted by Gasteiger charge is 2.19. The number of aryl methyl sites for hydroxylation is 1. The van der Waals surface area contributed by atoms with Crippen molar-refractivity contribution in [1.29, 1.82) is 0 Å². The summed E-state index contributed by atoms with van der Waals surface area (Å²) in [6.07, 6.45) is 3.70. The standard InChI is InChI=1S/C14H20N4O2/c1-4-9(2)11(19)8-16-14(20)12-10(3)17-18-7-5-6-15-13(12)18/h5-7,9,11,19H,4,8H2,1-3H3,(H,16,20). The van der Waals surface area contributed by atoms with E-state index < -0.39 is 6.10 Å². The molecule has 2 N–H and O–H groups in total. The highest BCUT2D eigenvalue weighted by atomic mass is 16.3. The first-order chi connectivity index (χ1) is 9.54. The van der Waals surface area contributed by atoms with Crippen molar-refractivity contribution in [2.45, 2.75) is 33.3 Å². The normalized spacial score (nSPS) is 14.2. The number of nitrogens with one attached hydrogen (secondary N) is 1. The summed E-state index contributed by atoms with van der Waals surface area (Å²) in [5.74, 6) is -0.100. The molecule has 0 bridgehead atoms. The van der Waals surface area contributed by atoms with Crippen molar-refractivity contribution in [2.24, 2.45) is 5.92 Å². The molecule has 2 heterocycles. The van der Waals surface area contributed by atoms with Crippen molar-refractivity contribution in [3.8, 4) is 0 Å². The number of hydrogen-bond acceptors (Lipinski definition) is 4. The predicted molar refractivity (Wildman–Crippen MR) is 75.5 cm³/mol. The summed E-state index contributed by atoms with van der Waals surface area (Å²) < 4.78 is 1.58. The topological polar surface area (TPSA) is 79.5 Å². The van der Waals surface area contributed by atoms with E-state index in [2.05, 4.69) is 15.4 Å². The van der Waals surface area contributed by atoms with Crippen LogP contribution in [0.5, 0.6) is 0 Å². The minimum atomic E-state index is -0.543. The average Bonchev–Trinajstić information content (AvgIpc) is 2.79. The van der Waals surface area contributed by atoms with Crippen molar-refractivity contribution in [3.63, 3.8) is 0 Å². The van der Waals surface area contributed by atoms with E-state index in [9.17, 15) is 9.90 Å². The highest BCUT2D eigenvalue weighted by Crippen LogP contribution is 2.13. The molecule has 1 amide bonds. The van der Waals surface area contributed by atoms with Gasteiger partial charge in [-0.05, 0) is 18.9 Å². The lowest BCUT2D eigenvalue weighted by Gasteiger charge is -2.17. The van der Waals surface area contributed by atoms with Gasteiger partial charge in [-0.1, -0.05) is 20.3 Å². The zero-order valence-corrected chi connectivity index (χ0v) is 12.0. The van der Waals surface area contributed by atoms with Crippen LogP contribution >= 0.6 is 0 Å². The monoisotopic (exact) mass is 276 g/mol. The minimum absolute atomic E-state index is 0.151. The van der Waals surface area contributed by atoms with Gasteiger partial charge in [-0.15, -0.1) is 0 Å². The second-order valence-electron chi connectivity index (χ2n) is 5.01. The van der Waals surface area contributed by atoms with Gasteiger partial charge in [0.2, 0.25) is 0 Å². The van der Waals surface area contributed by atoms with Crippen LogP contribution in [-0.2, 0) is 0 Å². The van der Waals surface area contributed by atoms with Crippen molar-refractivity contribution in [1.82, 2.24) is 19.9 Å². The average molecular weight is 276 g/mol. The van der Waals surface area contributed by atoms with Gasteiger partial charge in [0, 0.05) is 18.9 Å². The Morgan fingerprint density at radius 1 is 1.55 bits per heavy atom. The SMILES string of the molecule is CCC(C)C(O)CNC(=O)c1c(C)nn2cccnc12. The van der Waals surface area contributed by atoms with E-state index in [4.69, 9.17) is 0 Å². The summed E-state index contributed by atoms with van der Waals surface area (Å²) in [4.78, 5) is 16.4.